The van der Waals surface area contributed by atoms with Gasteiger partial charge in [0.2, 0.25) is 0 Å². The van der Waals surface area contributed by atoms with E-state index in [1.165, 1.54) is 7.11 Å². The maximum absolute atomic E-state index is 11.3. The lowest BCUT2D eigenvalue weighted by Gasteiger charge is -2.16. The van der Waals surface area contributed by atoms with E-state index in [2.05, 4.69) is 9.73 Å². The number of nitrogens with zero attached hydrogens (tertiary/aromatic N) is 1. The summed E-state index contributed by atoms with van der Waals surface area (Å²) in [6.45, 7) is 10.1. The second kappa shape index (κ2) is 5.13. The summed E-state index contributed by atoms with van der Waals surface area (Å²) in [4.78, 5) is 15.6. The molecular formula is C11H21NO2. The molecule has 3 heteroatoms. The summed E-state index contributed by atoms with van der Waals surface area (Å²) >= 11 is 0. The highest BCUT2D eigenvalue weighted by atomic mass is 16.5. The Hall–Kier alpha value is -0.860. The lowest BCUT2D eigenvalue weighted by atomic mass is 9.98. The zero-order chi connectivity index (χ0) is 11.4. The SMILES string of the molecule is COC(=O)[C@@H](N=CC(C)(C)C)C(C)C. The molecule has 0 radical (unpaired) electrons. The summed E-state index contributed by atoms with van der Waals surface area (Å²) in [5.74, 6) is -0.0958. The fraction of sp³-hybridized carbons (Fsp3) is 0.818. The van der Waals surface area contributed by atoms with Crippen molar-refractivity contribution in [3.63, 3.8) is 0 Å². The highest BCUT2D eigenvalue weighted by Gasteiger charge is 2.21. The number of hydrogen-bond acceptors (Lipinski definition) is 3. The Bertz CT molecular complexity index is 214. The van der Waals surface area contributed by atoms with Gasteiger partial charge in [-0.3, -0.25) is 4.99 Å². The molecule has 0 fully saturated rings. The molecule has 0 saturated carbocycles. The summed E-state index contributed by atoms with van der Waals surface area (Å²) < 4.78 is 4.69. The second-order valence-corrected chi connectivity index (χ2v) is 4.86. The van der Waals surface area contributed by atoms with Gasteiger partial charge in [0.25, 0.3) is 0 Å². The Balaban J connectivity index is 4.54. The number of carbonyl (C=O) groups is 1. The molecule has 0 aliphatic rings. The number of carbonyl (C=O) groups excluding carboxylic acids is 1. The van der Waals surface area contributed by atoms with E-state index in [4.69, 9.17) is 0 Å². The summed E-state index contributed by atoms with van der Waals surface area (Å²) in [5, 5.41) is 0. The van der Waals surface area contributed by atoms with Crippen LogP contribution in [0.3, 0.4) is 0 Å². The van der Waals surface area contributed by atoms with Crippen molar-refractivity contribution in [3.8, 4) is 0 Å². The molecule has 0 aromatic heterocycles. The van der Waals surface area contributed by atoms with Gasteiger partial charge < -0.3 is 4.74 Å². The van der Waals surface area contributed by atoms with Gasteiger partial charge in [0.15, 0.2) is 0 Å². The molecule has 0 N–H and O–H groups in total. The fourth-order valence-electron chi connectivity index (χ4n) is 0.930. The van der Waals surface area contributed by atoms with E-state index in [-0.39, 0.29) is 23.3 Å². The van der Waals surface area contributed by atoms with E-state index in [1.807, 2.05) is 40.8 Å². The van der Waals surface area contributed by atoms with E-state index in [9.17, 15) is 4.79 Å². The topological polar surface area (TPSA) is 38.7 Å². The summed E-state index contributed by atoms with van der Waals surface area (Å²) in [5.41, 5.74) is 0.00115. The van der Waals surface area contributed by atoms with Crippen LogP contribution < -0.4 is 0 Å². The van der Waals surface area contributed by atoms with Gasteiger partial charge in [-0.15, -0.1) is 0 Å². The van der Waals surface area contributed by atoms with Gasteiger partial charge >= 0.3 is 5.97 Å². The van der Waals surface area contributed by atoms with Crippen molar-refractivity contribution in [1.82, 2.24) is 0 Å². The zero-order valence-electron chi connectivity index (χ0n) is 10.00. The molecule has 0 rings (SSSR count). The normalized spacial score (nSPS) is 14.8. The number of rotatable bonds is 3. The molecule has 0 aromatic carbocycles. The second-order valence-electron chi connectivity index (χ2n) is 4.86. The van der Waals surface area contributed by atoms with E-state index in [1.54, 1.807) is 0 Å². The monoisotopic (exact) mass is 199 g/mol. The molecular weight excluding hydrogens is 178 g/mol. The van der Waals surface area contributed by atoms with Gasteiger partial charge in [0.1, 0.15) is 6.04 Å². The predicted octanol–water partition coefficient (Wildman–Crippen LogP) is 2.30. The number of methoxy groups -OCH3 is 1. The molecule has 14 heavy (non-hydrogen) atoms. The summed E-state index contributed by atoms with van der Waals surface area (Å²) in [6.07, 6.45) is 1.81. The van der Waals surface area contributed by atoms with Crippen LogP contribution in [0.25, 0.3) is 0 Å². The van der Waals surface area contributed by atoms with Crippen LogP contribution in [-0.4, -0.2) is 25.3 Å². The van der Waals surface area contributed by atoms with Crippen molar-refractivity contribution in [2.24, 2.45) is 16.3 Å². The van der Waals surface area contributed by atoms with Gasteiger partial charge in [-0.05, 0) is 11.3 Å². The standard InChI is InChI=1S/C11H21NO2/c1-8(2)9(10(13)14-6)12-7-11(3,4)5/h7-9H,1-6H3/t9-/m0/s1. The van der Waals surface area contributed by atoms with Crippen LogP contribution in [0.5, 0.6) is 0 Å². The van der Waals surface area contributed by atoms with Crippen LogP contribution in [0, 0.1) is 11.3 Å². The van der Waals surface area contributed by atoms with E-state index in [0.29, 0.717) is 0 Å². The molecule has 0 aliphatic heterocycles. The quantitative estimate of drug-likeness (QED) is 0.516. The van der Waals surface area contributed by atoms with Crippen molar-refractivity contribution in [2.45, 2.75) is 40.7 Å². The molecule has 0 unspecified atom stereocenters. The zero-order valence-corrected chi connectivity index (χ0v) is 10.00. The van der Waals surface area contributed by atoms with Gasteiger partial charge in [-0.1, -0.05) is 34.6 Å². The Morgan fingerprint density at radius 2 is 1.86 bits per heavy atom. The van der Waals surface area contributed by atoms with E-state index >= 15 is 0 Å². The minimum absolute atomic E-state index is 0.00115. The van der Waals surface area contributed by atoms with Crippen LogP contribution in [0.15, 0.2) is 4.99 Å². The van der Waals surface area contributed by atoms with Crippen LogP contribution in [-0.2, 0) is 9.53 Å². The molecule has 3 nitrogen and oxygen atoms in total. The van der Waals surface area contributed by atoms with E-state index < -0.39 is 0 Å². The molecule has 82 valence electrons. The predicted molar refractivity (Wildman–Crippen MR) is 58.6 cm³/mol. The Kier molecular flexibility index (Phi) is 4.81. The largest absolute Gasteiger partial charge is 0.467 e. The van der Waals surface area contributed by atoms with Crippen molar-refractivity contribution < 1.29 is 9.53 Å². The van der Waals surface area contributed by atoms with Gasteiger partial charge in [-0.2, -0.15) is 0 Å². The van der Waals surface area contributed by atoms with Gasteiger partial charge in [0.05, 0.1) is 7.11 Å². The van der Waals surface area contributed by atoms with Crippen molar-refractivity contribution in [3.05, 3.63) is 0 Å². The minimum atomic E-state index is -0.376. The van der Waals surface area contributed by atoms with Crippen LogP contribution in [0.1, 0.15) is 34.6 Å². The first kappa shape index (κ1) is 13.1. The van der Waals surface area contributed by atoms with E-state index in [0.717, 1.165) is 0 Å². The van der Waals surface area contributed by atoms with Crippen molar-refractivity contribution >= 4 is 12.2 Å². The first-order chi connectivity index (χ1) is 6.28. The minimum Gasteiger partial charge on any atom is -0.467 e. The third-order valence-corrected chi connectivity index (χ3v) is 1.70. The van der Waals surface area contributed by atoms with Crippen molar-refractivity contribution in [1.29, 1.82) is 0 Å². The first-order valence-corrected chi connectivity index (χ1v) is 4.90. The molecule has 0 saturated heterocycles. The molecule has 0 heterocycles. The smallest absolute Gasteiger partial charge is 0.330 e. The average molecular weight is 199 g/mol. The maximum atomic E-state index is 11.3. The Morgan fingerprint density at radius 3 is 2.14 bits per heavy atom. The lowest BCUT2D eigenvalue weighted by Crippen LogP contribution is -2.27. The highest BCUT2D eigenvalue weighted by Crippen LogP contribution is 2.13. The van der Waals surface area contributed by atoms with Crippen LogP contribution in [0.2, 0.25) is 0 Å². The van der Waals surface area contributed by atoms with Crippen molar-refractivity contribution in [2.75, 3.05) is 7.11 Å². The maximum Gasteiger partial charge on any atom is 0.330 e. The third kappa shape index (κ3) is 5.00. The molecule has 0 aliphatic carbocycles. The third-order valence-electron chi connectivity index (χ3n) is 1.70. The molecule has 0 spiro atoms. The number of esters is 1. The first-order valence-electron chi connectivity index (χ1n) is 4.90. The summed E-state index contributed by atoms with van der Waals surface area (Å²) in [6, 6.07) is -0.376. The molecule has 0 bridgehead atoms. The highest BCUT2D eigenvalue weighted by molar-refractivity contribution is 5.79. The van der Waals surface area contributed by atoms with Gasteiger partial charge in [0, 0.05) is 6.21 Å². The number of ether oxygens (including phenoxy) is 1. The van der Waals surface area contributed by atoms with Crippen LogP contribution >= 0.6 is 0 Å². The fourth-order valence-corrected chi connectivity index (χ4v) is 0.930. The number of aliphatic imine (C=N–C) groups is 1. The number of hydrogen-bond donors (Lipinski definition) is 0. The molecule has 1 atom stereocenters. The Labute approximate surface area is 86.6 Å². The average Bonchev–Trinajstić information content (AvgIpc) is 2.01. The Morgan fingerprint density at radius 1 is 1.36 bits per heavy atom. The molecule has 0 aromatic rings. The molecule has 0 amide bonds. The van der Waals surface area contributed by atoms with Crippen LogP contribution in [0.4, 0.5) is 0 Å². The lowest BCUT2D eigenvalue weighted by molar-refractivity contribution is -0.143. The summed E-state index contributed by atoms with van der Waals surface area (Å²) in [7, 11) is 1.39. The van der Waals surface area contributed by atoms with Gasteiger partial charge in [-0.25, -0.2) is 4.79 Å².